The van der Waals surface area contributed by atoms with E-state index in [-0.39, 0.29) is 5.69 Å². The number of thiophene rings is 1. The van der Waals surface area contributed by atoms with Crippen LogP contribution in [0, 0.1) is 10.1 Å². The summed E-state index contributed by atoms with van der Waals surface area (Å²) in [6.07, 6.45) is 0. The van der Waals surface area contributed by atoms with E-state index in [9.17, 15) is 10.1 Å². The quantitative estimate of drug-likeness (QED) is 0.394. The third kappa shape index (κ3) is 3.38. The van der Waals surface area contributed by atoms with Gasteiger partial charge in [0.05, 0.1) is 9.80 Å². The zero-order valence-electron chi connectivity index (χ0n) is 12.4. The molecule has 4 nitrogen and oxygen atoms in total. The van der Waals surface area contributed by atoms with E-state index in [0.717, 1.165) is 15.4 Å². The highest BCUT2D eigenvalue weighted by Gasteiger charge is 2.12. The fourth-order valence-corrected chi connectivity index (χ4v) is 3.65. The maximum Gasteiger partial charge on any atom is 0.269 e. The minimum absolute atomic E-state index is 0.100. The van der Waals surface area contributed by atoms with E-state index in [1.165, 1.54) is 22.2 Å². The van der Waals surface area contributed by atoms with Gasteiger partial charge in [0.15, 0.2) is 0 Å². The van der Waals surface area contributed by atoms with Crippen LogP contribution in [0.3, 0.4) is 0 Å². The fraction of sp³-hybridized carbons (Fsp3) is 0.118. The molecule has 0 unspecified atom stereocenters. The van der Waals surface area contributed by atoms with Gasteiger partial charge in [0, 0.05) is 30.4 Å². The number of non-ortho nitro benzene ring substituents is 1. The summed E-state index contributed by atoms with van der Waals surface area (Å²) in [6.45, 7) is 0.616. The lowest BCUT2D eigenvalue weighted by Gasteiger charge is -2.19. The molecule has 116 valence electrons. The van der Waals surface area contributed by atoms with Gasteiger partial charge in [0.1, 0.15) is 4.99 Å². The van der Waals surface area contributed by atoms with E-state index in [2.05, 4.69) is 18.2 Å². The van der Waals surface area contributed by atoms with Crippen LogP contribution in [0.4, 0.5) is 5.69 Å². The van der Waals surface area contributed by atoms with Crippen LogP contribution >= 0.6 is 23.6 Å². The molecule has 2 aromatic carbocycles. The highest BCUT2D eigenvalue weighted by Crippen LogP contribution is 2.27. The lowest BCUT2D eigenvalue weighted by molar-refractivity contribution is -0.384. The van der Waals surface area contributed by atoms with Gasteiger partial charge in [-0.3, -0.25) is 10.1 Å². The lowest BCUT2D eigenvalue weighted by atomic mass is 10.2. The molecule has 0 spiro atoms. The summed E-state index contributed by atoms with van der Waals surface area (Å²) < 4.78 is 1.22. The summed E-state index contributed by atoms with van der Waals surface area (Å²) >= 11 is 7.26. The number of nitro groups is 1. The topological polar surface area (TPSA) is 46.4 Å². The molecule has 6 heteroatoms. The van der Waals surface area contributed by atoms with Crippen LogP contribution in [0.1, 0.15) is 10.4 Å². The number of hydrogen-bond donors (Lipinski definition) is 0. The summed E-state index contributed by atoms with van der Waals surface area (Å²) in [5, 5.41) is 11.9. The van der Waals surface area contributed by atoms with Crippen molar-refractivity contribution in [2.75, 3.05) is 7.05 Å². The van der Waals surface area contributed by atoms with Crippen molar-refractivity contribution in [3.63, 3.8) is 0 Å². The summed E-state index contributed by atoms with van der Waals surface area (Å²) in [5.74, 6) is 0. The maximum atomic E-state index is 10.7. The second kappa shape index (κ2) is 6.44. The molecule has 0 N–H and O–H groups in total. The summed E-state index contributed by atoms with van der Waals surface area (Å²) in [6, 6.07) is 16.9. The standard InChI is InChI=1S/C17H14N2O2S2/c1-18(11-12-6-8-14(9-7-12)19(20)21)17(22)16-10-13-4-2-3-5-15(13)23-16/h2-10H,11H2,1H3. The summed E-state index contributed by atoms with van der Waals surface area (Å²) in [5.41, 5.74) is 1.09. The highest BCUT2D eigenvalue weighted by atomic mass is 32.1. The summed E-state index contributed by atoms with van der Waals surface area (Å²) in [7, 11) is 1.94. The molecule has 0 amide bonds. The van der Waals surface area contributed by atoms with Gasteiger partial charge < -0.3 is 4.90 Å². The Hall–Kier alpha value is -2.31. The van der Waals surface area contributed by atoms with Gasteiger partial charge in [0.2, 0.25) is 0 Å². The lowest BCUT2D eigenvalue weighted by Crippen LogP contribution is -2.24. The molecule has 0 saturated carbocycles. The largest absolute Gasteiger partial charge is 0.360 e. The normalized spacial score (nSPS) is 10.7. The van der Waals surface area contributed by atoms with Crippen molar-refractivity contribution in [3.05, 3.63) is 75.2 Å². The van der Waals surface area contributed by atoms with Crippen molar-refractivity contribution < 1.29 is 4.92 Å². The van der Waals surface area contributed by atoms with Crippen molar-refractivity contribution in [3.8, 4) is 0 Å². The molecule has 3 aromatic rings. The Morgan fingerprint density at radius 2 is 1.91 bits per heavy atom. The number of hydrogen-bond acceptors (Lipinski definition) is 4. The maximum absolute atomic E-state index is 10.7. The van der Waals surface area contributed by atoms with Crippen LogP contribution in [-0.2, 0) is 6.54 Å². The predicted molar refractivity (Wildman–Crippen MR) is 98.1 cm³/mol. The van der Waals surface area contributed by atoms with Crippen LogP contribution in [-0.4, -0.2) is 21.9 Å². The van der Waals surface area contributed by atoms with Gasteiger partial charge >= 0.3 is 0 Å². The number of nitro benzene ring substituents is 1. The van der Waals surface area contributed by atoms with Crippen molar-refractivity contribution in [2.45, 2.75) is 6.54 Å². The molecule has 0 saturated heterocycles. The zero-order valence-corrected chi connectivity index (χ0v) is 14.1. The smallest absolute Gasteiger partial charge is 0.269 e. The number of thiocarbonyl (C=S) groups is 1. The van der Waals surface area contributed by atoms with Gasteiger partial charge in [-0.15, -0.1) is 11.3 Å². The minimum atomic E-state index is -0.394. The van der Waals surface area contributed by atoms with E-state index in [0.29, 0.717) is 6.54 Å². The minimum Gasteiger partial charge on any atom is -0.360 e. The average Bonchev–Trinajstić information content (AvgIpc) is 2.98. The molecule has 0 aliphatic heterocycles. The van der Waals surface area contributed by atoms with Gasteiger partial charge in [-0.1, -0.05) is 42.5 Å². The van der Waals surface area contributed by atoms with E-state index < -0.39 is 4.92 Å². The molecule has 0 radical (unpaired) electrons. The van der Waals surface area contributed by atoms with Crippen molar-refractivity contribution in [1.29, 1.82) is 0 Å². The van der Waals surface area contributed by atoms with E-state index in [1.807, 2.05) is 24.1 Å². The van der Waals surface area contributed by atoms with E-state index in [1.54, 1.807) is 23.5 Å². The van der Waals surface area contributed by atoms with Crippen LogP contribution in [0.15, 0.2) is 54.6 Å². The van der Waals surface area contributed by atoms with Crippen molar-refractivity contribution in [2.24, 2.45) is 0 Å². The van der Waals surface area contributed by atoms with E-state index >= 15 is 0 Å². The number of nitrogens with zero attached hydrogens (tertiary/aromatic N) is 2. The third-order valence-electron chi connectivity index (χ3n) is 3.55. The van der Waals surface area contributed by atoms with Crippen LogP contribution in [0.2, 0.25) is 0 Å². The van der Waals surface area contributed by atoms with Crippen molar-refractivity contribution in [1.82, 2.24) is 4.90 Å². The van der Waals surface area contributed by atoms with Gasteiger partial charge in [-0.2, -0.15) is 0 Å². The Morgan fingerprint density at radius 3 is 2.57 bits per heavy atom. The first-order valence-electron chi connectivity index (χ1n) is 7.02. The molecular weight excluding hydrogens is 328 g/mol. The van der Waals surface area contributed by atoms with E-state index in [4.69, 9.17) is 12.2 Å². The van der Waals surface area contributed by atoms with Gasteiger partial charge in [-0.05, 0) is 23.1 Å². The molecule has 0 aliphatic carbocycles. The first-order chi connectivity index (χ1) is 11.0. The zero-order chi connectivity index (χ0) is 16.4. The molecule has 3 rings (SSSR count). The second-order valence-corrected chi connectivity index (χ2v) is 6.70. The third-order valence-corrected chi connectivity index (χ3v) is 5.33. The molecule has 23 heavy (non-hydrogen) atoms. The molecule has 0 atom stereocenters. The number of rotatable bonds is 4. The van der Waals surface area contributed by atoms with Gasteiger partial charge in [-0.25, -0.2) is 0 Å². The molecule has 0 aliphatic rings. The second-order valence-electron chi connectivity index (χ2n) is 5.23. The first kappa shape index (κ1) is 15.6. The SMILES string of the molecule is CN(Cc1ccc([N+](=O)[O-])cc1)C(=S)c1cc2ccccc2s1. The Balaban J connectivity index is 1.75. The Bertz CT molecular complexity index is 839. The molecule has 1 heterocycles. The number of fused-ring (bicyclic) bond motifs is 1. The fourth-order valence-electron chi connectivity index (χ4n) is 2.34. The molecule has 0 bridgehead atoms. The summed E-state index contributed by atoms with van der Waals surface area (Å²) in [4.78, 5) is 14.1. The van der Waals surface area contributed by atoms with Crippen LogP contribution in [0.25, 0.3) is 10.1 Å². The first-order valence-corrected chi connectivity index (χ1v) is 8.24. The molecular formula is C17H14N2O2S2. The Morgan fingerprint density at radius 1 is 1.22 bits per heavy atom. The number of benzene rings is 2. The monoisotopic (exact) mass is 342 g/mol. The molecule has 0 fully saturated rings. The Kier molecular flexibility index (Phi) is 4.36. The average molecular weight is 342 g/mol. The predicted octanol–water partition coefficient (Wildman–Crippen LogP) is 4.62. The Labute approximate surface area is 143 Å². The highest BCUT2D eigenvalue weighted by molar-refractivity contribution is 7.81. The van der Waals surface area contributed by atoms with Crippen LogP contribution < -0.4 is 0 Å². The molecule has 1 aromatic heterocycles. The van der Waals surface area contributed by atoms with Crippen LogP contribution in [0.5, 0.6) is 0 Å². The van der Waals surface area contributed by atoms with Gasteiger partial charge in [0.25, 0.3) is 5.69 Å². The van der Waals surface area contributed by atoms with Crippen molar-refractivity contribution >= 4 is 44.3 Å².